The lowest BCUT2D eigenvalue weighted by atomic mass is 10.1. The van der Waals surface area contributed by atoms with Gasteiger partial charge in [-0.05, 0) is 25.0 Å². The smallest absolute Gasteiger partial charge is 0.255 e. The van der Waals surface area contributed by atoms with Crippen LogP contribution in [-0.4, -0.2) is 50.6 Å². The second-order valence-corrected chi connectivity index (χ2v) is 4.84. The maximum Gasteiger partial charge on any atom is 0.255 e. The minimum absolute atomic E-state index is 0.00795. The van der Waals surface area contributed by atoms with Crippen LogP contribution in [0.4, 0.5) is 0 Å². The third kappa shape index (κ3) is 3.65. The highest BCUT2D eigenvalue weighted by molar-refractivity contribution is 5.99. The molecule has 0 aliphatic carbocycles. The van der Waals surface area contributed by atoms with Crippen LogP contribution >= 0.6 is 0 Å². The molecule has 1 fully saturated rings. The molecule has 0 radical (unpaired) electrons. The van der Waals surface area contributed by atoms with E-state index in [-0.39, 0.29) is 18.4 Å². The second kappa shape index (κ2) is 6.97. The van der Waals surface area contributed by atoms with E-state index < -0.39 is 0 Å². The van der Waals surface area contributed by atoms with Gasteiger partial charge in [-0.2, -0.15) is 0 Å². The van der Waals surface area contributed by atoms with E-state index >= 15 is 0 Å². The van der Waals surface area contributed by atoms with Crippen molar-refractivity contribution in [2.45, 2.75) is 12.8 Å². The van der Waals surface area contributed by atoms with Crippen molar-refractivity contribution >= 4 is 11.8 Å². The van der Waals surface area contributed by atoms with Gasteiger partial charge >= 0.3 is 0 Å². The third-order valence-electron chi connectivity index (χ3n) is 3.51. The van der Waals surface area contributed by atoms with E-state index in [1.54, 1.807) is 30.2 Å². The quantitative estimate of drug-likeness (QED) is 0.881. The molecule has 0 atom stereocenters. The normalized spacial score (nSPS) is 13.9. The van der Waals surface area contributed by atoms with E-state index in [0.717, 1.165) is 25.9 Å². The molecule has 1 aliphatic rings. The highest BCUT2D eigenvalue weighted by atomic mass is 16.5. The van der Waals surface area contributed by atoms with Crippen molar-refractivity contribution in [3.8, 4) is 11.5 Å². The van der Waals surface area contributed by atoms with E-state index in [2.05, 4.69) is 5.32 Å². The van der Waals surface area contributed by atoms with Crippen LogP contribution in [0, 0.1) is 0 Å². The SMILES string of the molecule is COc1ccc(C(=O)NCC(=O)N2CCCC2)c(OC)c1. The minimum atomic E-state index is -0.331. The van der Waals surface area contributed by atoms with Gasteiger partial charge in [0, 0.05) is 19.2 Å². The number of amides is 2. The van der Waals surface area contributed by atoms with E-state index in [1.807, 2.05) is 0 Å². The molecule has 0 aromatic heterocycles. The van der Waals surface area contributed by atoms with Crippen molar-refractivity contribution in [2.75, 3.05) is 33.9 Å². The fourth-order valence-corrected chi connectivity index (χ4v) is 2.32. The van der Waals surface area contributed by atoms with Gasteiger partial charge in [-0.3, -0.25) is 9.59 Å². The largest absolute Gasteiger partial charge is 0.497 e. The Morgan fingerprint density at radius 1 is 1.19 bits per heavy atom. The Balaban J connectivity index is 1.98. The van der Waals surface area contributed by atoms with Crippen molar-refractivity contribution in [1.29, 1.82) is 0 Å². The number of methoxy groups -OCH3 is 2. The maximum absolute atomic E-state index is 12.1. The molecular weight excluding hydrogens is 272 g/mol. The molecular formula is C15H20N2O4. The summed E-state index contributed by atoms with van der Waals surface area (Å²) in [6.45, 7) is 1.56. The lowest BCUT2D eigenvalue weighted by molar-refractivity contribution is -0.129. The molecule has 2 amide bonds. The summed E-state index contributed by atoms with van der Waals surface area (Å²) in [4.78, 5) is 25.8. The number of hydrogen-bond donors (Lipinski definition) is 1. The van der Waals surface area contributed by atoms with Crippen LogP contribution in [0.15, 0.2) is 18.2 Å². The number of likely N-dealkylation sites (tertiary alicyclic amines) is 1. The molecule has 1 heterocycles. The van der Waals surface area contributed by atoms with Crippen LogP contribution in [0.3, 0.4) is 0 Å². The molecule has 1 aromatic rings. The number of carbonyl (C=O) groups is 2. The fourth-order valence-electron chi connectivity index (χ4n) is 2.32. The van der Waals surface area contributed by atoms with Crippen molar-refractivity contribution in [3.63, 3.8) is 0 Å². The van der Waals surface area contributed by atoms with Gasteiger partial charge in [-0.25, -0.2) is 0 Å². The topological polar surface area (TPSA) is 67.9 Å². The van der Waals surface area contributed by atoms with Crippen molar-refractivity contribution < 1.29 is 19.1 Å². The summed E-state index contributed by atoms with van der Waals surface area (Å²) >= 11 is 0. The minimum Gasteiger partial charge on any atom is -0.497 e. The highest BCUT2D eigenvalue weighted by Crippen LogP contribution is 2.24. The molecule has 2 rings (SSSR count). The number of hydrogen-bond acceptors (Lipinski definition) is 4. The highest BCUT2D eigenvalue weighted by Gasteiger charge is 2.19. The Labute approximate surface area is 124 Å². The summed E-state index contributed by atoms with van der Waals surface area (Å²) in [6, 6.07) is 4.93. The zero-order chi connectivity index (χ0) is 15.2. The van der Waals surface area contributed by atoms with E-state index in [9.17, 15) is 9.59 Å². The molecule has 0 bridgehead atoms. The zero-order valence-corrected chi connectivity index (χ0v) is 12.3. The first kappa shape index (κ1) is 15.2. The zero-order valence-electron chi connectivity index (χ0n) is 12.3. The van der Waals surface area contributed by atoms with Crippen LogP contribution in [-0.2, 0) is 4.79 Å². The molecule has 1 aliphatic heterocycles. The Morgan fingerprint density at radius 2 is 1.90 bits per heavy atom. The first-order valence-electron chi connectivity index (χ1n) is 6.93. The van der Waals surface area contributed by atoms with Gasteiger partial charge in [-0.1, -0.05) is 0 Å². The molecule has 6 nitrogen and oxygen atoms in total. The molecule has 21 heavy (non-hydrogen) atoms. The van der Waals surface area contributed by atoms with Gasteiger partial charge in [0.2, 0.25) is 5.91 Å². The number of nitrogens with one attached hydrogen (secondary N) is 1. The van der Waals surface area contributed by atoms with Crippen LogP contribution in [0.25, 0.3) is 0 Å². The Bertz CT molecular complexity index is 524. The summed E-state index contributed by atoms with van der Waals surface area (Å²) < 4.78 is 10.3. The standard InChI is InChI=1S/C15H20N2O4/c1-20-11-5-6-12(13(9-11)21-2)15(19)16-10-14(18)17-7-3-4-8-17/h5-6,9H,3-4,7-8,10H2,1-2H3,(H,16,19). The van der Waals surface area contributed by atoms with Gasteiger partial charge in [0.25, 0.3) is 5.91 Å². The third-order valence-corrected chi connectivity index (χ3v) is 3.51. The van der Waals surface area contributed by atoms with Crippen LogP contribution < -0.4 is 14.8 Å². The number of benzene rings is 1. The van der Waals surface area contributed by atoms with Gasteiger partial charge in [0.05, 0.1) is 26.3 Å². The molecule has 0 unspecified atom stereocenters. The summed E-state index contributed by atoms with van der Waals surface area (Å²) in [7, 11) is 3.03. The maximum atomic E-state index is 12.1. The Hall–Kier alpha value is -2.24. The first-order chi connectivity index (χ1) is 10.2. The fraction of sp³-hybridized carbons (Fsp3) is 0.467. The average molecular weight is 292 g/mol. The van der Waals surface area contributed by atoms with Crippen LogP contribution in [0.5, 0.6) is 11.5 Å². The van der Waals surface area contributed by atoms with Crippen molar-refractivity contribution in [2.24, 2.45) is 0 Å². The number of carbonyl (C=O) groups excluding carboxylic acids is 2. The predicted molar refractivity (Wildman–Crippen MR) is 77.7 cm³/mol. The summed E-state index contributed by atoms with van der Waals surface area (Å²) in [5.41, 5.74) is 0.382. The Kier molecular flexibility index (Phi) is 5.03. The monoisotopic (exact) mass is 292 g/mol. The van der Waals surface area contributed by atoms with Gasteiger partial charge in [-0.15, -0.1) is 0 Å². The summed E-state index contributed by atoms with van der Waals surface area (Å²) in [5, 5.41) is 2.64. The number of nitrogens with zero attached hydrogens (tertiary/aromatic N) is 1. The molecule has 0 spiro atoms. The van der Waals surface area contributed by atoms with Gasteiger partial charge < -0.3 is 19.7 Å². The predicted octanol–water partition coefficient (Wildman–Crippen LogP) is 1.06. The first-order valence-corrected chi connectivity index (χ1v) is 6.93. The molecule has 1 N–H and O–H groups in total. The number of ether oxygens (including phenoxy) is 2. The van der Waals surface area contributed by atoms with Crippen LogP contribution in [0.1, 0.15) is 23.2 Å². The second-order valence-electron chi connectivity index (χ2n) is 4.84. The van der Waals surface area contributed by atoms with Crippen molar-refractivity contribution in [3.05, 3.63) is 23.8 Å². The molecule has 6 heteroatoms. The lowest BCUT2D eigenvalue weighted by Gasteiger charge is -2.16. The van der Waals surface area contributed by atoms with Gasteiger partial charge in [0.15, 0.2) is 0 Å². The summed E-state index contributed by atoms with van der Waals surface area (Å²) in [6.07, 6.45) is 2.07. The Morgan fingerprint density at radius 3 is 2.52 bits per heavy atom. The lowest BCUT2D eigenvalue weighted by Crippen LogP contribution is -2.38. The van der Waals surface area contributed by atoms with E-state index in [4.69, 9.17) is 9.47 Å². The number of rotatable bonds is 5. The van der Waals surface area contributed by atoms with E-state index in [0.29, 0.717) is 17.1 Å². The molecule has 0 saturated carbocycles. The van der Waals surface area contributed by atoms with Crippen LogP contribution in [0.2, 0.25) is 0 Å². The average Bonchev–Trinajstić information content (AvgIpc) is 3.06. The molecule has 1 saturated heterocycles. The van der Waals surface area contributed by atoms with E-state index in [1.165, 1.54) is 7.11 Å². The summed E-state index contributed by atoms with van der Waals surface area (Å²) in [5.74, 6) is 0.646. The van der Waals surface area contributed by atoms with Crippen molar-refractivity contribution in [1.82, 2.24) is 10.2 Å². The molecule has 1 aromatic carbocycles. The van der Waals surface area contributed by atoms with Gasteiger partial charge in [0.1, 0.15) is 11.5 Å². The molecule has 114 valence electrons.